The van der Waals surface area contributed by atoms with Gasteiger partial charge in [-0.2, -0.15) is 13.2 Å². The lowest BCUT2D eigenvalue weighted by atomic mass is 9.77. The zero-order chi connectivity index (χ0) is 19.5. The van der Waals surface area contributed by atoms with Crippen LogP contribution in [0.15, 0.2) is 24.3 Å². The molecule has 1 aliphatic heterocycles. The van der Waals surface area contributed by atoms with E-state index in [4.69, 9.17) is 4.74 Å². The largest absolute Gasteiger partial charge is 0.497 e. The molecule has 1 saturated carbocycles. The summed E-state index contributed by atoms with van der Waals surface area (Å²) < 4.78 is 43.3. The summed E-state index contributed by atoms with van der Waals surface area (Å²) in [7, 11) is 1.61. The van der Waals surface area contributed by atoms with Crippen LogP contribution in [-0.2, 0) is 10.2 Å². The minimum Gasteiger partial charge on any atom is -0.497 e. The molecule has 1 heterocycles. The number of carbonyl (C=O) groups is 1. The Balaban J connectivity index is 1.75. The Kier molecular flexibility index (Phi) is 5.99. The molecule has 1 aromatic rings. The topological polar surface area (TPSA) is 32.8 Å². The van der Waals surface area contributed by atoms with Gasteiger partial charge in [-0.3, -0.25) is 9.69 Å². The Morgan fingerprint density at radius 2 is 1.70 bits per heavy atom. The van der Waals surface area contributed by atoms with Gasteiger partial charge in [-0.1, -0.05) is 25.0 Å². The molecule has 2 aliphatic rings. The van der Waals surface area contributed by atoms with E-state index in [2.05, 4.69) is 0 Å². The Morgan fingerprint density at radius 1 is 1.04 bits per heavy atom. The van der Waals surface area contributed by atoms with E-state index in [1.165, 1.54) is 4.90 Å². The summed E-state index contributed by atoms with van der Waals surface area (Å²) in [4.78, 5) is 16.7. The van der Waals surface area contributed by atoms with Crippen LogP contribution in [0.5, 0.6) is 5.75 Å². The van der Waals surface area contributed by atoms with Crippen LogP contribution >= 0.6 is 0 Å². The van der Waals surface area contributed by atoms with E-state index in [1.807, 2.05) is 24.3 Å². The average molecular weight is 384 g/mol. The number of hydrogen-bond donors (Lipinski definition) is 0. The Labute approximate surface area is 158 Å². The number of halogens is 3. The van der Waals surface area contributed by atoms with Gasteiger partial charge in [0.2, 0.25) is 5.91 Å². The van der Waals surface area contributed by atoms with Gasteiger partial charge in [-0.05, 0) is 37.0 Å². The monoisotopic (exact) mass is 384 g/mol. The highest BCUT2D eigenvalue weighted by Gasteiger charge is 2.45. The van der Waals surface area contributed by atoms with E-state index >= 15 is 0 Å². The van der Waals surface area contributed by atoms with Gasteiger partial charge in [0.15, 0.2) is 0 Å². The summed E-state index contributed by atoms with van der Waals surface area (Å²) in [6.45, 7) is 0.610. The van der Waals surface area contributed by atoms with Crippen molar-refractivity contribution >= 4 is 5.91 Å². The second kappa shape index (κ2) is 8.09. The summed E-state index contributed by atoms with van der Waals surface area (Å²) in [5.41, 5.74) is 0.438. The van der Waals surface area contributed by atoms with Crippen LogP contribution in [0, 0.1) is 0 Å². The summed E-state index contributed by atoms with van der Waals surface area (Å²) in [6, 6.07) is 7.65. The van der Waals surface area contributed by atoms with Crippen LogP contribution < -0.4 is 4.74 Å². The summed E-state index contributed by atoms with van der Waals surface area (Å²) in [5.74, 6) is 0.816. The van der Waals surface area contributed by atoms with Gasteiger partial charge in [0.1, 0.15) is 5.75 Å². The minimum atomic E-state index is -4.20. The standard InChI is InChI=1S/C20H27F3N2O2/c1-27-17-7-5-16(6-8-17)19(9-2-3-10-19)18(26)25-12-4-11-24(13-14-25)15-20(21,22)23/h5-8H,2-4,9-15H2,1H3. The van der Waals surface area contributed by atoms with Crippen molar-refractivity contribution in [1.82, 2.24) is 9.80 Å². The average Bonchev–Trinajstić information content (AvgIpc) is 3.03. The van der Waals surface area contributed by atoms with Crippen LogP contribution in [0.3, 0.4) is 0 Å². The van der Waals surface area contributed by atoms with Crippen molar-refractivity contribution < 1.29 is 22.7 Å². The van der Waals surface area contributed by atoms with Gasteiger partial charge in [-0.25, -0.2) is 0 Å². The molecule has 1 saturated heterocycles. The van der Waals surface area contributed by atoms with Crippen molar-refractivity contribution in [3.8, 4) is 5.75 Å². The third-order valence-electron chi connectivity index (χ3n) is 5.79. The first kappa shape index (κ1) is 20.0. The Hall–Kier alpha value is -1.76. The smallest absolute Gasteiger partial charge is 0.401 e. The van der Waals surface area contributed by atoms with Gasteiger partial charge >= 0.3 is 6.18 Å². The first-order valence-corrected chi connectivity index (χ1v) is 9.57. The molecule has 4 nitrogen and oxygen atoms in total. The molecule has 150 valence electrons. The highest BCUT2D eigenvalue weighted by Crippen LogP contribution is 2.43. The number of nitrogens with zero attached hydrogens (tertiary/aromatic N) is 2. The second-order valence-electron chi connectivity index (χ2n) is 7.55. The Bertz CT molecular complexity index is 640. The van der Waals surface area contributed by atoms with Crippen LogP contribution in [0.25, 0.3) is 0 Å². The molecule has 0 radical (unpaired) electrons. The summed E-state index contributed by atoms with van der Waals surface area (Å²) >= 11 is 0. The molecule has 27 heavy (non-hydrogen) atoms. The molecule has 0 aromatic heterocycles. The van der Waals surface area contributed by atoms with E-state index in [-0.39, 0.29) is 12.5 Å². The number of rotatable bonds is 4. The van der Waals surface area contributed by atoms with Gasteiger partial charge < -0.3 is 9.64 Å². The maximum atomic E-state index is 13.5. The van der Waals surface area contributed by atoms with Crippen LogP contribution in [0.4, 0.5) is 13.2 Å². The van der Waals surface area contributed by atoms with E-state index in [1.54, 1.807) is 12.0 Å². The highest BCUT2D eigenvalue weighted by molar-refractivity contribution is 5.88. The van der Waals surface area contributed by atoms with E-state index in [0.717, 1.165) is 37.0 Å². The van der Waals surface area contributed by atoms with Crippen LogP contribution in [0.2, 0.25) is 0 Å². The van der Waals surface area contributed by atoms with Crippen molar-refractivity contribution in [2.45, 2.75) is 43.7 Å². The fraction of sp³-hybridized carbons (Fsp3) is 0.650. The van der Waals surface area contributed by atoms with E-state index < -0.39 is 18.1 Å². The molecule has 3 rings (SSSR count). The molecule has 2 fully saturated rings. The fourth-order valence-corrected chi connectivity index (χ4v) is 4.40. The predicted octanol–water partition coefficient (Wildman–Crippen LogP) is 3.60. The molecular weight excluding hydrogens is 357 g/mol. The molecule has 0 spiro atoms. The van der Waals surface area contributed by atoms with Gasteiger partial charge in [0.05, 0.1) is 19.1 Å². The zero-order valence-electron chi connectivity index (χ0n) is 15.7. The number of amides is 1. The fourth-order valence-electron chi connectivity index (χ4n) is 4.40. The molecule has 0 bridgehead atoms. The first-order chi connectivity index (χ1) is 12.8. The quantitative estimate of drug-likeness (QED) is 0.795. The van der Waals surface area contributed by atoms with E-state index in [0.29, 0.717) is 26.1 Å². The maximum absolute atomic E-state index is 13.5. The lowest BCUT2D eigenvalue weighted by Crippen LogP contribution is -2.47. The number of carbonyl (C=O) groups excluding carboxylic acids is 1. The van der Waals surface area contributed by atoms with Crippen molar-refractivity contribution in [3.63, 3.8) is 0 Å². The first-order valence-electron chi connectivity index (χ1n) is 9.57. The maximum Gasteiger partial charge on any atom is 0.401 e. The zero-order valence-corrected chi connectivity index (χ0v) is 15.7. The van der Waals surface area contributed by atoms with Crippen molar-refractivity contribution in [2.75, 3.05) is 39.8 Å². The van der Waals surface area contributed by atoms with Crippen LogP contribution in [0.1, 0.15) is 37.7 Å². The third-order valence-corrected chi connectivity index (χ3v) is 5.79. The predicted molar refractivity (Wildman–Crippen MR) is 96.8 cm³/mol. The summed E-state index contributed by atoms with van der Waals surface area (Å²) in [5, 5.41) is 0. The lowest BCUT2D eigenvalue weighted by molar-refractivity contribution is -0.145. The second-order valence-corrected chi connectivity index (χ2v) is 7.55. The molecular formula is C20H27F3N2O2. The third kappa shape index (κ3) is 4.57. The van der Waals surface area contributed by atoms with Crippen molar-refractivity contribution in [2.24, 2.45) is 0 Å². The SMILES string of the molecule is COc1ccc(C2(C(=O)N3CCCN(CC(F)(F)F)CC3)CCCC2)cc1. The number of methoxy groups -OCH3 is 1. The van der Waals surface area contributed by atoms with Crippen molar-refractivity contribution in [3.05, 3.63) is 29.8 Å². The molecule has 1 aromatic carbocycles. The normalized spacial score (nSPS) is 21.1. The molecule has 0 atom stereocenters. The minimum absolute atomic E-state index is 0.0685. The number of hydrogen-bond acceptors (Lipinski definition) is 3. The molecule has 1 aliphatic carbocycles. The number of alkyl halides is 3. The molecule has 0 N–H and O–H groups in total. The molecule has 1 amide bonds. The van der Waals surface area contributed by atoms with Crippen LogP contribution in [-0.4, -0.2) is 61.7 Å². The van der Waals surface area contributed by atoms with Crippen molar-refractivity contribution in [1.29, 1.82) is 0 Å². The molecule has 7 heteroatoms. The van der Waals surface area contributed by atoms with Gasteiger partial charge in [0, 0.05) is 26.2 Å². The van der Waals surface area contributed by atoms with Gasteiger partial charge in [-0.15, -0.1) is 0 Å². The Morgan fingerprint density at radius 3 is 2.30 bits per heavy atom. The highest BCUT2D eigenvalue weighted by atomic mass is 19.4. The van der Waals surface area contributed by atoms with Gasteiger partial charge in [0.25, 0.3) is 0 Å². The number of benzene rings is 1. The molecule has 0 unspecified atom stereocenters. The number of ether oxygens (including phenoxy) is 1. The summed E-state index contributed by atoms with van der Waals surface area (Å²) in [6.07, 6.45) is -0.0606. The van der Waals surface area contributed by atoms with E-state index in [9.17, 15) is 18.0 Å². The lowest BCUT2D eigenvalue weighted by Gasteiger charge is -2.34.